The summed E-state index contributed by atoms with van der Waals surface area (Å²) in [4.78, 5) is 14.1. The van der Waals surface area contributed by atoms with E-state index in [1.54, 1.807) is 18.0 Å². The Labute approximate surface area is 109 Å². The molecule has 4 heteroatoms. The SMILES string of the molecule is CCOc1ccccc1C(=O)N(C)C(C)CCN. The van der Waals surface area contributed by atoms with Gasteiger partial charge in [0.1, 0.15) is 5.75 Å². The first-order valence-electron chi connectivity index (χ1n) is 6.30. The molecule has 4 nitrogen and oxygen atoms in total. The van der Waals surface area contributed by atoms with Crippen molar-refractivity contribution in [3.8, 4) is 5.75 Å². The molecular weight excluding hydrogens is 228 g/mol. The van der Waals surface area contributed by atoms with Gasteiger partial charge in [-0.3, -0.25) is 4.79 Å². The second kappa shape index (κ2) is 7.01. The van der Waals surface area contributed by atoms with Crippen LogP contribution in [0.25, 0.3) is 0 Å². The average molecular weight is 250 g/mol. The molecule has 1 amide bonds. The standard InChI is InChI=1S/C14H22N2O2/c1-4-18-13-8-6-5-7-12(13)14(17)16(3)11(2)9-10-15/h5-8,11H,4,9-10,15H2,1-3H3. The number of carbonyl (C=O) groups is 1. The van der Waals surface area contributed by atoms with Crippen LogP contribution in [0.5, 0.6) is 5.75 Å². The Hall–Kier alpha value is -1.55. The largest absolute Gasteiger partial charge is 0.493 e. The Morgan fingerprint density at radius 3 is 2.72 bits per heavy atom. The Kier molecular flexibility index (Phi) is 5.65. The lowest BCUT2D eigenvalue weighted by Crippen LogP contribution is -2.36. The van der Waals surface area contributed by atoms with E-state index < -0.39 is 0 Å². The van der Waals surface area contributed by atoms with E-state index in [-0.39, 0.29) is 11.9 Å². The van der Waals surface area contributed by atoms with Gasteiger partial charge in [0.25, 0.3) is 5.91 Å². The number of rotatable bonds is 6. The first-order chi connectivity index (χ1) is 8.61. The number of nitrogens with two attached hydrogens (primary N) is 1. The predicted octanol–water partition coefficient (Wildman–Crippen LogP) is 1.89. The monoisotopic (exact) mass is 250 g/mol. The number of hydrogen-bond acceptors (Lipinski definition) is 3. The summed E-state index contributed by atoms with van der Waals surface area (Å²) in [5.74, 6) is 0.608. The Morgan fingerprint density at radius 2 is 2.11 bits per heavy atom. The summed E-state index contributed by atoms with van der Waals surface area (Å²) in [6.45, 7) is 5.02. The van der Waals surface area contributed by atoms with Crippen molar-refractivity contribution < 1.29 is 9.53 Å². The summed E-state index contributed by atoms with van der Waals surface area (Å²) in [5, 5.41) is 0. The van der Waals surface area contributed by atoms with Gasteiger partial charge in [0.05, 0.1) is 12.2 Å². The summed E-state index contributed by atoms with van der Waals surface area (Å²) in [7, 11) is 1.80. The van der Waals surface area contributed by atoms with Crippen LogP contribution in [0, 0.1) is 0 Å². The lowest BCUT2D eigenvalue weighted by Gasteiger charge is -2.25. The van der Waals surface area contributed by atoms with Crippen LogP contribution in [-0.2, 0) is 0 Å². The van der Waals surface area contributed by atoms with Crippen LogP contribution in [0.1, 0.15) is 30.6 Å². The van der Waals surface area contributed by atoms with Crippen LogP contribution in [0.4, 0.5) is 0 Å². The summed E-state index contributed by atoms with van der Waals surface area (Å²) in [6.07, 6.45) is 0.791. The van der Waals surface area contributed by atoms with E-state index in [0.29, 0.717) is 24.5 Å². The molecule has 0 spiro atoms. The Bertz CT molecular complexity index is 393. The molecule has 1 rings (SSSR count). The van der Waals surface area contributed by atoms with E-state index in [9.17, 15) is 4.79 Å². The zero-order valence-electron chi connectivity index (χ0n) is 11.3. The third-order valence-corrected chi connectivity index (χ3v) is 2.98. The van der Waals surface area contributed by atoms with Gasteiger partial charge in [-0.2, -0.15) is 0 Å². The lowest BCUT2D eigenvalue weighted by atomic mass is 10.1. The maximum Gasteiger partial charge on any atom is 0.257 e. The molecule has 0 bridgehead atoms. The summed E-state index contributed by atoms with van der Waals surface area (Å²) >= 11 is 0. The van der Waals surface area contributed by atoms with Crippen LogP contribution >= 0.6 is 0 Å². The normalized spacial score (nSPS) is 12.0. The Morgan fingerprint density at radius 1 is 1.44 bits per heavy atom. The van der Waals surface area contributed by atoms with Gasteiger partial charge in [-0.15, -0.1) is 0 Å². The molecule has 100 valence electrons. The van der Waals surface area contributed by atoms with Crippen LogP contribution in [0.2, 0.25) is 0 Å². The van der Waals surface area contributed by atoms with E-state index in [1.165, 1.54) is 0 Å². The average Bonchev–Trinajstić information content (AvgIpc) is 2.38. The molecule has 1 atom stereocenters. The van der Waals surface area contributed by atoms with E-state index in [0.717, 1.165) is 6.42 Å². The van der Waals surface area contributed by atoms with Gasteiger partial charge in [0.15, 0.2) is 0 Å². The fraction of sp³-hybridized carbons (Fsp3) is 0.500. The summed E-state index contributed by atoms with van der Waals surface area (Å²) in [6, 6.07) is 7.44. The van der Waals surface area contributed by atoms with Crippen molar-refractivity contribution >= 4 is 5.91 Å². The van der Waals surface area contributed by atoms with Gasteiger partial charge >= 0.3 is 0 Å². The van der Waals surface area contributed by atoms with Crippen LogP contribution in [0.15, 0.2) is 24.3 Å². The minimum Gasteiger partial charge on any atom is -0.493 e. The minimum atomic E-state index is -0.0278. The molecule has 0 aliphatic rings. The summed E-state index contributed by atoms with van der Waals surface area (Å²) < 4.78 is 5.48. The number of para-hydroxylation sites is 1. The van der Waals surface area contributed by atoms with Crippen LogP contribution in [-0.4, -0.2) is 37.0 Å². The second-order valence-corrected chi connectivity index (χ2v) is 4.27. The fourth-order valence-electron chi connectivity index (χ4n) is 1.75. The predicted molar refractivity (Wildman–Crippen MR) is 72.8 cm³/mol. The van der Waals surface area contributed by atoms with Crippen molar-refractivity contribution in [1.29, 1.82) is 0 Å². The number of hydrogen-bond donors (Lipinski definition) is 1. The molecule has 0 heterocycles. The van der Waals surface area contributed by atoms with E-state index in [1.807, 2.05) is 32.0 Å². The molecule has 0 radical (unpaired) electrons. The number of nitrogens with zero attached hydrogens (tertiary/aromatic N) is 1. The maximum absolute atomic E-state index is 12.4. The quantitative estimate of drug-likeness (QED) is 0.839. The van der Waals surface area contributed by atoms with Crippen molar-refractivity contribution in [2.75, 3.05) is 20.2 Å². The van der Waals surface area contributed by atoms with Crippen molar-refractivity contribution in [3.05, 3.63) is 29.8 Å². The highest BCUT2D eigenvalue weighted by atomic mass is 16.5. The topological polar surface area (TPSA) is 55.6 Å². The van der Waals surface area contributed by atoms with Crippen molar-refractivity contribution in [2.24, 2.45) is 5.73 Å². The van der Waals surface area contributed by atoms with Gasteiger partial charge in [0, 0.05) is 13.1 Å². The van der Waals surface area contributed by atoms with E-state index in [4.69, 9.17) is 10.5 Å². The van der Waals surface area contributed by atoms with Crippen molar-refractivity contribution in [1.82, 2.24) is 4.90 Å². The van der Waals surface area contributed by atoms with Gasteiger partial charge in [-0.1, -0.05) is 12.1 Å². The van der Waals surface area contributed by atoms with Gasteiger partial charge in [-0.05, 0) is 38.9 Å². The molecule has 0 saturated carbocycles. The van der Waals surface area contributed by atoms with Crippen LogP contribution < -0.4 is 10.5 Å². The van der Waals surface area contributed by atoms with Gasteiger partial charge in [-0.25, -0.2) is 0 Å². The Balaban J connectivity index is 2.89. The highest BCUT2D eigenvalue weighted by Crippen LogP contribution is 2.20. The summed E-state index contributed by atoms with van der Waals surface area (Å²) in [5.41, 5.74) is 6.12. The van der Waals surface area contributed by atoms with Crippen molar-refractivity contribution in [2.45, 2.75) is 26.3 Å². The molecule has 1 aromatic rings. The molecular formula is C14H22N2O2. The molecule has 0 saturated heterocycles. The highest BCUT2D eigenvalue weighted by Gasteiger charge is 2.19. The highest BCUT2D eigenvalue weighted by molar-refractivity contribution is 5.96. The molecule has 2 N–H and O–H groups in total. The van der Waals surface area contributed by atoms with Gasteiger partial charge < -0.3 is 15.4 Å². The zero-order valence-corrected chi connectivity index (χ0v) is 11.3. The van der Waals surface area contributed by atoms with E-state index >= 15 is 0 Å². The lowest BCUT2D eigenvalue weighted by molar-refractivity contribution is 0.0735. The minimum absolute atomic E-state index is 0.0278. The molecule has 0 aliphatic carbocycles. The smallest absolute Gasteiger partial charge is 0.257 e. The number of carbonyl (C=O) groups excluding carboxylic acids is 1. The first-order valence-corrected chi connectivity index (χ1v) is 6.30. The molecule has 1 aromatic carbocycles. The third-order valence-electron chi connectivity index (χ3n) is 2.98. The molecule has 0 aliphatic heterocycles. The molecule has 0 fully saturated rings. The second-order valence-electron chi connectivity index (χ2n) is 4.27. The number of amides is 1. The zero-order chi connectivity index (χ0) is 13.5. The van der Waals surface area contributed by atoms with Crippen molar-refractivity contribution in [3.63, 3.8) is 0 Å². The van der Waals surface area contributed by atoms with E-state index in [2.05, 4.69) is 0 Å². The molecule has 18 heavy (non-hydrogen) atoms. The van der Waals surface area contributed by atoms with Gasteiger partial charge in [0.2, 0.25) is 0 Å². The number of ether oxygens (including phenoxy) is 1. The molecule has 0 aromatic heterocycles. The fourth-order valence-corrected chi connectivity index (χ4v) is 1.75. The maximum atomic E-state index is 12.4. The number of benzene rings is 1. The van der Waals surface area contributed by atoms with Crippen LogP contribution in [0.3, 0.4) is 0 Å². The first kappa shape index (κ1) is 14.5. The third kappa shape index (κ3) is 3.47. The molecule has 1 unspecified atom stereocenters.